The Hall–Kier alpha value is -3.42. The number of anilines is 3. The number of hydrogen-bond donors (Lipinski definition) is 4. The molecule has 33 heavy (non-hydrogen) atoms. The summed E-state index contributed by atoms with van der Waals surface area (Å²) in [5.41, 5.74) is 1.61. The van der Waals surface area contributed by atoms with E-state index in [1.165, 1.54) is 6.92 Å². The number of nitrogens with zero attached hydrogens (tertiary/aromatic N) is 2. The van der Waals surface area contributed by atoms with E-state index >= 15 is 0 Å². The van der Waals surface area contributed by atoms with Crippen molar-refractivity contribution in [3.8, 4) is 0 Å². The number of aromatic nitrogens is 1. The third-order valence-electron chi connectivity index (χ3n) is 4.06. The normalized spacial score (nSPS) is 10.5. The predicted molar refractivity (Wildman–Crippen MR) is 123 cm³/mol. The summed E-state index contributed by atoms with van der Waals surface area (Å²) in [5.74, 6) is -1.75. The highest BCUT2D eigenvalue weighted by atomic mass is 32.1. The standard InChI is InChI=1S/C20H25N5O7S/c1-12-19(25-30)33-20(22-12)24-18(29)15-4-3-14(11-16(15)23-13(2)26)21-6-8-32-10-9-31-7-5-17(27)28/h3-4,11,21H,5-10H2,1-2H3,(H,23,26)(H,27,28)(H,22,24,29). The van der Waals surface area contributed by atoms with Crippen molar-refractivity contribution in [3.63, 3.8) is 0 Å². The first-order valence-electron chi connectivity index (χ1n) is 9.95. The van der Waals surface area contributed by atoms with E-state index in [9.17, 15) is 19.3 Å². The van der Waals surface area contributed by atoms with E-state index in [1.54, 1.807) is 25.1 Å². The van der Waals surface area contributed by atoms with Crippen molar-refractivity contribution in [1.29, 1.82) is 0 Å². The van der Waals surface area contributed by atoms with Crippen LogP contribution in [-0.2, 0) is 19.1 Å². The van der Waals surface area contributed by atoms with Crippen molar-refractivity contribution in [3.05, 3.63) is 34.4 Å². The first kappa shape index (κ1) is 25.8. The van der Waals surface area contributed by atoms with Crippen molar-refractivity contribution in [2.75, 3.05) is 48.9 Å². The largest absolute Gasteiger partial charge is 0.481 e. The number of carbonyl (C=O) groups excluding carboxylic acids is 2. The number of aryl methyl sites for hydroxylation is 1. The van der Waals surface area contributed by atoms with Gasteiger partial charge in [-0.3, -0.25) is 19.7 Å². The Labute approximate surface area is 193 Å². The van der Waals surface area contributed by atoms with E-state index in [1.807, 2.05) is 0 Å². The molecule has 0 radical (unpaired) electrons. The van der Waals surface area contributed by atoms with Gasteiger partial charge in [-0.1, -0.05) is 11.3 Å². The summed E-state index contributed by atoms with van der Waals surface area (Å²) in [5, 5.41) is 20.1. The van der Waals surface area contributed by atoms with Gasteiger partial charge in [-0.15, -0.1) is 4.91 Å². The molecule has 1 aromatic heterocycles. The molecule has 13 heteroatoms. The Bertz CT molecular complexity index is 995. The maximum Gasteiger partial charge on any atom is 0.305 e. The Morgan fingerprint density at radius 1 is 1.12 bits per heavy atom. The fourth-order valence-corrected chi connectivity index (χ4v) is 3.33. The Balaban J connectivity index is 1.89. The number of aliphatic carboxylic acids is 1. The molecule has 0 atom stereocenters. The molecule has 4 N–H and O–H groups in total. The molecule has 2 rings (SSSR count). The van der Waals surface area contributed by atoms with Gasteiger partial charge in [0.1, 0.15) is 0 Å². The second kappa shape index (κ2) is 13.2. The third kappa shape index (κ3) is 8.92. The highest BCUT2D eigenvalue weighted by molar-refractivity contribution is 7.19. The zero-order valence-corrected chi connectivity index (χ0v) is 19.0. The Kier molecular flexibility index (Phi) is 10.3. The number of rotatable bonds is 14. The van der Waals surface area contributed by atoms with Crippen LogP contribution < -0.4 is 16.0 Å². The molecule has 0 fully saturated rings. The highest BCUT2D eigenvalue weighted by Crippen LogP contribution is 2.31. The molecule has 12 nitrogen and oxygen atoms in total. The number of hydrogen-bond acceptors (Lipinski definition) is 10. The van der Waals surface area contributed by atoms with Gasteiger partial charge in [-0.2, -0.15) is 0 Å². The van der Waals surface area contributed by atoms with E-state index in [0.717, 1.165) is 11.3 Å². The number of nitrogens with one attached hydrogen (secondary N) is 3. The maximum atomic E-state index is 12.7. The van der Waals surface area contributed by atoms with Crippen molar-refractivity contribution in [2.45, 2.75) is 20.3 Å². The summed E-state index contributed by atoms with van der Waals surface area (Å²) in [4.78, 5) is 49.5. The van der Waals surface area contributed by atoms with Crippen LogP contribution in [0.3, 0.4) is 0 Å². The lowest BCUT2D eigenvalue weighted by Gasteiger charge is -2.13. The topological polar surface area (TPSA) is 168 Å². The number of carboxylic acids is 1. The minimum absolute atomic E-state index is 0.0489. The number of carbonyl (C=O) groups is 3. The van der Waals surface area contributed by atoms with Crippen LogP contribution in [0.5, 0.6) is 0 Å². The maximum absolute atomic E-state index is 12.7. The van der Waals surface area contributed by atoms with Crippen molar-refractivity contribution in [2.24, 2.45) is 5.18 Å². The molecule has 2 amide bonds. The summed E-state index contributed by atoms with van der Waals surface area (Å²) in [6.07, 6.45) is -0.0489. The number of nitroso groups, excluding NO2 is 1. The molecule has 1 aromatic carbocycles. The van der Waals surface area contributed by atoms with Crippen molar-refractivity contribution >= 4 is 50.6 Å². The van der Waals surface area contributed by atoms with Gasteiger partial charge in [0.25, 0.3) is 5.91 Å². The predicted octanol–water partition coefficient (Wildman–Crippen LogP) is 2.98. The van der Waals surface area contributed by atoms with Crippen LogP contribution in [-0.4, -0.2) is 60.8 Å². The molecule has 0 aliphatic rings. The fraction of sp³-hybridized carbons (Fsp3) is 0.400. The molecule has 1 heterocycles. The van der Waals surface area contributed by atoms with Gasteiger partial charge >= 0.3 is 5.97 Å². The SMILES string of the molecule is CC(=O)Nc1cc(NCCOCCOCCC(=O)O)ccc1C(=O)Nc1nc(C)c(N=O)s1. The first-order valence-corrected chi connectivity index (χ1v) is 10.8. The van der Waals surface area contributed by atoms with E-state index in [4.69, 9.17) is 14.6 Å². The second-order valence-electron chi connectivity index (χ2n) is 6.69. The van der Waals surface area contributed by atoms with Gasteiger partial charge in [0.15, 0.2) is 10.1 Å². The minimum atomic E-state index is -0.912. The second-order valence-corrected chi connectivity index (χ2v) is 7.67. The molecule has 0 saturated heterocycles. The smallest absolute Gasteiger partial charge is 0.305 e. The lowest BCUT2D eigenvalue weighted by Crippen LogP contribution is -2.17. The number of amides is 2. The number of benzene rings is 1. The average molecular weight is 480 g/mol. The van der Waals surface area contributed by atoms with Gasteiger partial charge in [-0.25, -0.2) is 4.98 Å². The van der Waals surface area contributed by atoms with Crippen LogP contribution in [0.15, 0.2) is 23.4 Å². The third-order valence-corrected chi connectivity index (χ3v) is 5.01. The summed E-state index contributed by atoms with van der Waals surface area (Å²) in [6, 6.07) is 4.86. The number of carboxylic acid groups (broad SMARTS) is 1. The first-order chi connectivity index (χ1) is 15.8. The fourth-order valence-electron chi connectivity index (χ4n) is 2.59. The number of ether oxygens (including phenoxy) is 2. The summed E-state index contributed by atoms with van der Waals surface area (Å²) in [6.45, 7) is 4.54. The number of thiazole rings is 1. The van der Waals surface area contributed by atoms with Crippen LogP contribution in [0, 0.1) is 11.8 Å². The quantitative estimate of drug-likeness (QED) is 0.235. The van der Waals surface area contributed by atoms with Gasteiger partial charge in [0, 0.05) is 19.2 Å². The van der Waals surface area contributed by atoms with Crippen LogP contribution in [0.2, 0.25) is 0 Å². The molecule has 178 valence electrons. The van der Waals surface area contributed by atoms with Crippen LogP contribution in [0.25, 0.3) is 0 Å². The zero-order valence-electron chi connectivity index (χ0n) is 18.2. The van der Waals surface area contributed by atoms with Crippen LogP contribution in [0.4, 0.5) is 21.5 Å². The molecule has 0 bridgehead atoms. The molecular weight excluding hydrogens is 454 g/mol. The minimum Gasteiger partial charge on any atom is -0.481 e. The lowest BCUT2D eigenvalue weighted by atomic mass is 10.1. The van der Waals surface area contributed by atoms with Gasteiger partial charge in [0.05, 0.1) is 49.8 Å². The highest BCUT2D eigenvalue weighted by Gasteiger charge is 2.16. The van der Waals surface area contributed by atoms with Gasteiger partial charge in [-0.05, 0) is 30.3 Å². The molecular formula is C20H25N5O7S. The van der Waals surface area contributed by atoms with E-state index < -0.39 is 11.9 Å². The summed E-state index contributed by atoms with van der Waals surface area (Å²) in [7, 11) is 0. The molecule has 0 saturated carbocycles. The van der Waals surface area contributed by atoms with E-state index in [2.05, 4.69) is 26.1 Å². The molecule has 0 spiro atoms. The Morgan fingerprint density at radius 2 is 1.85 bits per heavy atom. The molecule has 2 aromatic rings. The van der Waals surface area contributed by atoms with Crippen LogP contribution in [0.1, 0.15) is 29.4 Å². The van der Waals surface area contributed by atoms with E-state index in [0.29, 0.717) is 43.4 Å². The zero-order chi connectivity index (χ0) is 24.2. The lowest BCUT2D eigenvalue weighted by molar-refractivity contribution is -0.138. The summed E-state index contributed by atoms with van der Waals surface area (Å²) < 4.78 is 10.5. The van der Waals surface area contributed by atoms with E-state index in [-0.39, 0.29) is 34.6 Å². The van der Waals surface area contributed by atoms with Gasteiger partial charge in [0.2, 0.25) is 5.91 Å². The van der Waals surface area contributed by atoms with Crippen molar-refractivity contribution in [1.82, 2.24) is 4.98 Å². The monoisotopic (exact) mass is 479 g/mol. The summed E-state index contributed by atoms with van der Waals surface area (Å²) >= 11 is 0.958. The Morgan fingerprint density at radius 3 is 2.48 bits per heavy atom. The molecule has 0 aliphatic carbocycles. The van der Waals surface area contributed by atoms with Gasteiger partial charge < -0.3 is 25.2 Å². The molecule has 0 unspecified atom stereocenters. The average Bonchev–Trinajstić information content (AvgIpc) is 3.10. The van der Waals surface area contributed by atoms with Crippen molar-refractivity contribution < 1.29 is 29.0 Å². The molecule has 0 aliphatic heterocycles. The van der Waals surface area contributed by atoms with Crippen LogP contribution >= 0.6 is 11.3 Å².